The smallest absolute Gasteiger partial charge is 0.122 e. The molecule has 0 aromatic heterocycles. The van der Waals surface area contributed by atoms with Crippen molar-refractivity contribution in [2.24, 2.45) is 5.73 Å². The summed E-state index contributed by atoms with van der Waals surface area (Å²) in [6, 6.07) is 0. The molecule has 0 heterocycles. The van der Waals surface area contributed by atoms with Crippen molar-refractivity contribution >= 4 is 7.28 Å². The van der Waals surface area contributed by atoms with Gasteiger partial charge >= 0.3 is 0 Å². The van der Waals surface area contributed by atoms with Gasteiger partial charge in [-0.05, 0) is 6.54 Å². The lowest BCUT2D eigenvalue weighted by molar-refractivity contribution is 0.795. The Bertz CT molecular complexity index is 29.6. The summed E-state index contributed by atoms with van der Waals surface area (Å²) in [6.45, 7) is 5.22. The van der Waals surface area contributed by atoms with Crippen molar-refractivity contribution in [3.05, 3.63) is 0 Å². The van der Waals surface area contributed by atoms with Gasteiger partial charge < -0.3 is 5.73 Å². The van der Waals surface area contributed by atoms with Crippen LogP contribution in [-0.2, 0) is 0 Å². The maximum absolute atomic E-state index is 5.39. The van der Waals surface area contributed by atoms with Crippen LogP contribution in [0.4, 0.5) is 0 Å². The van der Waals surface area contributed by atoms with E-state index in [4.69, 9.17) is 5.73 Å². The van der Waals surface area contributed by atoms with E-state index < -0.39 is 0 Å². The van der Waals surface area contributed by atoms with E-state index in [2.05, 4.69) is 13.7 Å². The van der Waals surface area contributed by atoms with Crippen molar-refractivity contribution in [2.75, 3.05) is 6.54 Å². The number of nitrogens with two attached hydrogens (primary N) is 1. The first-order chi connectivity index (χ1) is 3.35. The lowest BCUT2D eigenvalue weighted by Crippen LogP contribution is -2.11. The van der Waals surface area contributed by atoms with E-state index in [0.29, 0.717) is 0 Å². The molecular formula is C5H14BN. The van der Waals surface area contributed by atoms with E-state index >= 15 is 0 Å². The molecule has 0 saturated heterocycles. The lowest BCUT2D eigenvalue weighted by atomic mass is 9.66. The third kappa shape index (κ3) is 2.69. The molecule has 1 nitrogen and oxygen atoms in total. The zero-order valence-corrected chi connectivity index (χ0v) is 5.28. The Morgan fingerprint density at radius 3 is 2.29 bits per heavy atom. The van der Waals surface area contributed by atoms with Crippen molar-refractivity contribution in [1.82, 2.24) is 0 Å². The molecule has 0 aliphatic heterocycles. The summed E-state index contributed by atoms with van der Waals surface area (Å²) in [4.78, 5) is 0. The molecule has 0 aliphatic rings. The van der Waals surface area contributed by atoms with E-state index in [1.807, 2.05) is 0 Å². The molecule has 0 aliphatic carbocycles. The first-order valence-corrected chi connectivity index (χ1v) is 3.05. The fourth-order valence-electron chi connectivity index (χ4n) is 0.622. The number of hydrogen-bond donors (Lipinski definition) is 1. The third-order valence-corrected chi connectivity index (χ3v) is 1.49. The van der Waals surface area contributed by atoms with Crippen LogP contribution >= 0.6 is 0 Å². The van der Waals surface area contributed by atoms with Crippen LogP contribution in [0.2, 0.25) is 12.6 Å². The van der Waals surface area contributed by atoms with E-state index in [9.17, 15) is 0 Å². The number of hydrogen-bond acceptors (Lipinski definition) is 1. The van der Waals surface area contributed by atoms with Crippen LogP contribution in [0, 0.1) is 0 Å². The Balaban J connectivity index is 2.99. The van der Waals surface area contributed by atoms with Crippen LogP contribution in [0.25, 0.3) is 0 Å². The Hall–Kier alpha value is 0.0249. The average molecular weight is 99.0 g/mol. The maximum Gasteiger partial charge on any atom is 0.122 e. The molecule has 0 saturated carbocycles. The standard InChI is InChI=1S/C5H14BN/c1-3-5(4-7)6-2/h5-6H,3-4,7H2,1-2H3. The van der Waals surface area contributed by atoms with Crippen LogP contribution in [0.1, 0.15) is 13.3 Å². The van der Waals surface area contributed by atoms with Gasteiger partial charge in [-0.25, -0.2) is 0 Å². The molecule has 42 valence electrons. The van der Waals surface area contributed by atoms with Gasteiger partial charge in [0.25, 0.3) is 0 Å². The van der Waals surface area contributed by atoms with Gasteiger partial charge in [-0.1, -0.05) is 26.0 Å². The molecule has 2 heteroatoms. The Morgan fingerprint density at radius 2 is 2.29 bits per heavy atom. The minimum Gasteiger partial charge on any atom is -0.331 e. The Labute approximate surface area is 46.5 Å². The molecule has 0 aromatic carbocycles. The summed E-state index contributed by atoms with van der Waals surface area (Å²) in [5.74, 6) is 0.764. The van der Waals surface area contributed by atoms with Crippen LogP contribution in [-0.4, -0.2) is 13.8 Å². The predicted octanol–water partition coefficient (Wildman–Crippen LogP) is 0.628. The normalized spacial score (nSPS) is 13.6. The molecule has 7 heavy (non-hydrogen) atoms. The first kappa shape index (κ1) is 7.02. The molecule has 0 rings (SSSR count). The molecular weight excluding hydrogens is 84.9 g/mol. The van der Waals surface area contributed by atoms with Crippen LogP contribution in [0.5, 0.6) is 0 Å². The van der Waals surface area contributed by atoms with Gasteiger partial charge in [0.05, 0.1) is 0 Å². The molecule has 0 radical (unpaired) electrons. The molecule has 2 N–H and O–H groups in total. The van der Waals surface area contributed by atoms with Crippen LogP contribution in [0.15, 0.2) is 0 Å². The largest absolute Gasteiger partial charge is 0.331 e. The lowest BCUT2D eigenvalue weighted by Gasteiger charge is -2.04. The minimum atomic E-state index is 0.764. The Morgan fingerprint density at radius 1 is 1.71 bits per heavy atom. The van der Waals surface area contributed by atoms with Gasteiger partial charge in [-0.2, -0.15) is 0 Å². The summed E-state index contributed by atoms with van der Waals surface area (Å²) in [7, 11) is 1.23. The minimum absolute atomic E-state index is 0.764. The highest BCUT2D eigenvalue weighted by Gasteiger charge is 1.98. The SMILES string of the molecule is CBC(CC)CN. The van der Waals surface area contributed by atoms with E-state index in [-0.39, 0.29) is 0 Å². The zero-order valence-electron chi connectivity index (χ0n) is 5.28. The van der Waals surface area contributed by atoms with Gasteiger partial charge in [-0.3, -0.25) is 0 Å². The van der Waals surface area contributed by atoms with Gasteiger partial charge in [0, 0.05) is 0 Å². The molecule has 0 fully saturated rings. The van der Waals surface area contributed by atoms with Crippen molar-refractivity contribution in [3.8, 4) is 0 Å². The Kier molecular flexibility index (Phi) is 4.21. The summed E-state index contributed by atoms with van der Waals surface area (Å²) in [5.41, 5.74) is 5.39. The predicted molar refractivity (Wildman–Crippen MR) is 36.1 cm³/mol. The summed E-state index contributed by atoms with van der Waals surface area (Å²) >= 11 is 0. The van der Waals surface area contributed by atoms with Gasteiger partial charge in [-0.15, -0.1) is 0 Å². The molecule has 1 atom stereocenters. The second kappa shape index (κ2) is 4.19. The van der Waals surface area contributed by atoms with Crippen LogP contribution in [0.3, 0.4) is 0 Å². The second-order valence-corrected chi connectivity index (χ2v) is 1.92. The zero-order chi connectivity index (χ0) is 5.70. The molecule has 0 amide bonds. The molecule has 0 aromatic rings. The van der Waals surface area contributed by atoms with E-state index in [1.54, 1.807) is 0 Å². The fourth-order valence-corrected chi connectivity index (χ4v) is 0.622. The summed E-state index contributed by atoms with van der Waals surface area (Å²) in [5, 5.41) is 0. The highest BCUT2D eigenvalue weighted by molar-refractivity contribution is 6.35. The summed E-state index contributed by atoms with van der Waals surface area (Å²) < 4.78 is 0. The van der Waals surface area contributed by atoms with Crippen molar-refractivity contribution < 1.29 is 0 Å². The monoisotopic (exact) mass is 99.1 g/mol. The third-order valence-electron chi connectivity index (χ3n) is 1.49. The van der Waals surface area contributed by atoms with Crippen molar-refractivity contribution in [3.63, 3.8) is 0 Å². The maximum atomic E-state index is 5.39. The average Bonchev–Trinajstić information content (AvgIpc) is 1.72. The van der Waals surface area contributed by atoms with Crippen molar-refractivity contribution in [1.29, 1.82) is 0 Å². The van der Waals surface area contributed by atoms with Crippen LogP contribution < -0.4 is 5.73 Å². The quantitative estimate of drug-likeness (QED) is 0.516. The number of rotatable bonds is 3. The fraction of sp³-hybridized carbons (Fsp3) is 1.00. The highest BCUT2D eigenvalue weighted by atomic mass is 14.5. The molecule has 0 bridgehead atoms. The first-order valence-electron chi connectivity index (χ1n) is 3.05. The van der Waals surface area contributed by atoms with Crippen molar-refractivity contribution in [2.45, 2.75) is 26.0 Å². The molecule has 1 unspecified atom stereocenters. The highest BCUT2D eigenvalue weighted by Crippen LogP contribution is 2.03. The van der Waals surface area contributed by atoms with Gasteiger partial charge in [0.1, 0.15) is 7.28 Å². The van der Waals surface area contributed by atoms with Gasteiger partial charge in [0.15, 0.2) is 0 Å². The van der Waals surface area contributed by atoms with E-state index in [1.165, 1.54) is 13.7 Å². The topological polar surface area (TPSA) is 26.0 Å². The summed E-state index contributed by atoms with van der Waals surface area (Å²) in [6.07, 6.45) is 1.23. The second-order valence-electron chi connectivity index (χ2n) is 1.92. The van der Waals surface area contributed by atoms with Gasteiger partial charge in [0.2, 0.25) is 0 Å². The molecule has 0 spiro atoms. The van der Waals surface area contributed by atoms with E-state index in [0.717, 1.165) is 12.4 Å².